The van der Waals surface area contributed by atoms with Gasteiger partial charge >= 0.3 is 0 Å². The van der Waals surface area contributed by atoms with Crippen LogP contribution in [-0.2, 0) is 0 Å². The van der Waals surface area contributed by atoms with E-state index in [0.29, 0.717) is 5.88 Å². The van der Waals surface area contributed by atoms with Crippen molar-refractivity contribution in [3.8, 4) is 0 Å². The minimum Gasteiger partial charge on any atom is -0.379 e. The molecule has 1 nitrogen and oxygen atoms in total. The summed E-state index contributed by atoms with van der Waals surface area (Å²) in [6.45, 7) is 0. The minimum atomic E-state index is 0.469. The van der Waals surface area contributed by atoms with Crippen LogP contribution in [0.3, 0.4) is 0 Å². The molecule has 0 spiro atoms. The van der Waals surface area contributed by atoms with Crippen molar-refractivity contribution in [3.05, 3.63) is 11.2 Å². The highest BCUT2D eigenvalue weighted by Crippen LogP contribution is 2.01. The molecular weight excluding hydrogens is 145 g/mol. The van der Waals surface area contributed by atoms with E-state index in [1.54, 1.807) is 0 Å². The normalized spacial score (nSPS) is 11.8. The predicted octanol–water partition coefficient (Wildman–Crippen LogP) is 1.87. The summed E-state index contributed by atoms with van der Waals surface area (Å²) < 4.78 is 0. The lowest BCUT2D eigenvalue weighted by Gasteiger charge is -2.12. The second-order valence-corrected chi connectivity index (χ2v) is 2.11. The van der Waals surface area contributed by atoms with Crippen molar-refractivity contribution in [2.75, 3.05) is 20.0 Å². The number of alkyl halides is 1. The molecule has 0 aromatic rings. The number of rotatable bonds is 2. The van der Waals surface area contributed by atoms with E-state index in [4.69, 9.17) is 23.2 Å². The van der Waals surface area contributed by atoms with Crippen LogP contribution in [0.25, 0.3) is 0 Å². The Morgan fingerprint density at radius 2 is 2.12 bits per heavy atom. The third-order valence-corrected chi connectivity index (χ3v) is 1.36. The average molecular weight is 154 g/mol. The van der Waals surface area contributed by atoms with Gasteiger partial charge in [-0.2, -0.15) is 0 Å². The molecule has 0 aromatic heterocycles. The van der Waals surface area contributed by atoms with Crippen LogP contribution in [-0.4, -0.2) is 24.9 Å². The van der Waals surface area contributed by atoms with Crippen LogP contribution in [0.2, 0.25) is 0 Å². The first-order valence-electron chi connectivity index (χ1n) is 2.25. The summed E-state index contributed by atoms with van der Waals surface area (Å²) in [5, 5.41) is 0. The fraction of sp³-hybridized carbons (Fsp3) is 0.600. The summed E-state index contributed by atoms with van der Waals surface area (Å²) in [5.41, 5.74) is 2.40. The zero-order valence-electron chi connectivity index (χ0n) is 4.99. The lowest BCUT2D eigenvalue weighted by Crippen LogP contribution is -2.11. The minimum absolute atomic E-state index is 0.469. The van der Waals surface area contributed by atoms with E-state index in [-0.39, 0.29) is 0 Å². The quantitative estimate of drug-likeness (QED) is 0.548. The SMILES string of the molecule is CN(C)C(=CCl)CCl. The van der Waals surface area contributed by atoms with E-state index >= 15 is 0 Å². The van der Waals surface area contributed by atoms with Gasteiger partial charge in [-0.15, -0.1) is 11.6 Å². The van der Waals surface area contributed by atoms with Crippen LogP contribution in [0.15, 0.2) is 11.2 Å². The van der Waals surface area contributed by atoms with Gasteiger partial charge in [-0.05, 0) is 0 Å². The summed E-state index contributed by atoms with van der Waals surface area (Å²) >= 11 is 10.8. The first-order chi connectivity index (χ1) is 3.72. The molecule has 3 heteroatoms. The van der Waals surface area contributed by atoms with Crippen LogP contribution in [0, 0.1) is 0 Å². The molecule has 8 heavy (non-hydrogen) atoms. The van der Waals surface area contributed by atoms with Crippen LogP contribution < -0.4 is 0 Å². The van der Waals surface area contributed by atoms with Gasteiger partial charge < -0.3 is 4.90 Å². The molecule has 0 aliphatic carbocycles. The zero-order valence-corrected chi connectivity index (χ0v) is 6.50. The lowest BCUT2D eigenvalue weighted by atomic mass is 10.5. The highest BCUT2D eigenvalue weighted by molar-refractivity contribution is 6.27. The van der Waals surface area contributed by atoms with Crippen molar-refractivity contribution >= 4 is 23.2 Å². The third-order valence-electron chi connectivity index (χ3n) is 0.837. The number of halogens is 2. The number of hydrogen-bond acceptors (Lipinski definition) is 1. The van der Waals surface area contributed by atoms with E-state index in [1.807, 2.05) is 19.0 Å². The molecule has 0 aliphatic heterocycles. The van der Waals surface area contributed by atoms with Crippen LogP contribution in [0.5, 0.6) is 0 Å². The topological polar surface area (TPSA) is 3.24 Å². The maximum atomic E-state index is 5.47. The Kier molecular flexibility index (Phi) is 4.11. The van der Waals surface area contributed by atoms with Gasteiger partial charge in [-0.1, -0.05) is 11.6 Å². The Hall–Kier alpha value is 0.120. The van der Waals surface area contributed by atoms with Crippen LogP contribution in [0.4, 0.5) is 0 Å². The highest BCUT2D eigenvalue weighted by atomic mass is 35.5. The van der Waals surface area contributed by atoms with Gasteiger partial charge in [0.2, 0.25) is 0 Å². The first kappa shape index (κ1) is 8.12. The summed E-state index contributed by atoms with van der Waals surface area (Å²) in [5.74, 6) is 0.469. The van der Waals surface area contributed by atoms with Gasteiger partial charge in [-0.25, -0.2) is 0 Å². The van der Waals surface area contributed by atoms with Crippen molar-refractivity contribution in [1.82, 2.24) is 4.90 Å². The average Bonchev–Trinajstić information content (AvgIpc) is 1.69. The Morgan fingerprint density at radius 1 is 1.62 bits per heavy atom. The van der Waals surface area contributed by atoms with Gasteiger partial charge in [0.1, 0.15) is 0 Å². The number of allylic oxidation sites excluding steroid dienone is 1. The fourth-order valence-electron chi connectivity index (χ4n) is 0.246. The van der Waals surface area contributed by atoms with Crippen LogP contribution >= 0.6 is 23.2 Å². The molecule has 0 rings (SSSR count). The summed E-state index contributed by atoms with van der Waals surface area (Å²) in [4.78, 5) is 1.88. The van der Waals surface area contributed by atoms with E-state index in [0.717, 1.165) is 5.70 Å². The van der Waals surface area contributed by atoms with Gasteiger partial charge in [0.25, 0.3) is 0 Å². The molecule has 0 saturated carbocycles. The molecule has 0 heterocycles. The molecule has 0 fully saturated rings. The van der Waals surface area contributed by atoms with E-state index in [9.17, 15) is 0 Å². The second-order valence-electron chi connectivity index (χ2n) is 1.63. The number of hydrogen-bond donors (Lipinski definition) is 0. The van der Waals surface area contributed by atoms with Gasteiger partial charge in [0.05, 0.1) is 5.88 Å². The predicted molar refractivity (Wildman–Crippen MR) is 38.3 cm³/mol. The van der Waals surface area contributed by atoms with E-state index in [2.05, 4.69) is 0 Å². The second kappa shape index (κ2) is 4.04. The van der Waals surface area contributed by atoms with Gasteiger partial charge in [0, 0.05) is 25.3 Å². The highest BCUT2D eigenvalue weighted by Gasteiger charge is 1.93. The largest absolute Gasteiger partial charge is 0.379 e. The maximum absolute atomic E-state index is 5.47. The van der Waals surface area contributed by atoms with E-state index in [1.165, 1.54) is 5.54 Å². The molecule has 0 N–H and O–H groups in total. The molecule has 0 radical (unpaired) electrons. The van der Waals surface area contributed by atoms with E-state index < -0.39 is 0 Å². The molecule has 0 unspecified atom stereocenters. The molecule has 0 aromatic carbocycles. The molecule has 0 amide bonds. The smallest absolute Gasteiger partial charge is 0.0632 e. The Labute approximate surface area is 59.9 Å². The fourth-order valence-corrected chi connectivity index (χ4v) is 0.914. The molecule has 0 aliphatic rings. The van der Waals surface area contributed by atoms with Crippen molar-refractivity contribution in [3.63, 3.8) is 0 Å². The standard InChI is InChI=1S/C5H9Cl2N/c1-8(2)5(3-6)4-7/h3H,4H2,1-2H3. The van der Waals surface area contributed by atoms with Crippen LogP contribution in [0.1, 0.15) is 0 Å². The molecule has 0 atom stereocenters. The molecule has 48 valence electrons. The molecule has 0 bridgehead atoms. The van der Waals surface area contributed by atoms with Crippen molar-refractivity contribution in [1.29, 1.82) is 0 Å². The molecule has 0 saturated heterocycles. The lowest BCUT2D eigenvalue weighted by molar-refractivity contribution is 0.517. The summed E-state index contributed by atoms with van der Waals surface area (Å²) in [6.07, 6.45) is 0. The summed E-state index contributed by atoms with van der Waals surface area (Å²) in [7, 11) is 3.80. The van der Waals surface area contributed by atoms with Gasteiger partial charge in [-0.3, -0.25) is 0 Å². The third kappa shape index (κ3) is 2.43. The Morgan fingerprint density at radius 3 is 2.12 bits per heavy atom. The Bertz CT molecular complexity index is 88.4. The maximum Gasteiger partial charge on any atom is 0.0632 e. The van der Waals surface area contributed by atoms with Gasteiger partial charge in [0.15, 0.2) is 0 Å². The number of nitrogens with zero attached hydrogens (tertiary/aromatic N) is 1. The zero-order chi connectivity index (χ0) is 6.57. The Balaban J connectivity index is 3.72. The van der Waals surface area contributed by atoms with Crippen molar-refractivity contribution < 1.29 is 0 Å². The monoisotopic (exact) mass is 153 g/mol. The molecular formula is C5H9Cl2N. The van der Waals surface area contributed by atoms with Crippen molar-refractivity contribution in [2.24, 2.45) is 0 Å². The summed E-state index contributed by atoms with van der Waals surface area (Å²) in [6, 6.07) is 0. The van der Waals surface area contributed by atoms with Crippen molar-refractivity contribution in [2.45, 2.75) is 0 Å². The first-order valence-corrected chi connectivity index (χ1v) is 3.22.